The average Bonchev–Trinajstić information content (AvgIpc) is 2.23. The molecule has 0 saturated carbocycles. The van der Waals surface area contributed by atoms with Crippen LogP contribution < -0.4 is 0 Å². The molecule has 0 amide bonds. The van der Waals surface area contributed by atoms with E-state index >= 15 is 0 Å². The first-order valence-electron chi connectivity index (χ1n) is 6.33. The maximum Gasteiger partial charge on any atom is 0.103 e. The molecule has 0 aromatic heterocycles. The molecule has 0 aliphatic heterocycles. The Labute approximate surface area is 105 Å². The van der Waals surface area contributed by atoms with Gasteiger partial charge < -0.3 is 9.84 Å². The lowest BCUT2D eigenvalue weighted by atomic mass is 10.0. The van der Waals surface area contributed by atoms with E-state index in [1.54, 1.807) is 0 Å². The number of benzene rings is 1. The van der Waals surface area contributed by atoms with Gasteiger partial charge in [-0.25, -0.2) is 0 Å². The highest BCUT2D eigenvalue weighted by Crippen LogP contribution is 2.19. The quantitative estimate of drug-likeness (QED) is 0.767. The predicted molar refractivity (Wildman–Crippen MR) is 71.1 cm³/mol. The lowest BCUT2D eigenvalue weighted by molar-refractivity contribution is 0.0316. The minimum atomic E-state index is -0.511. The molecule has 1 aromatic rings. The van der Waals surface area contributed by atoms with Crippen LogP contribution in [0.15, 0.2) is 18.2 Å². The van der Waals surface area contributed by atoms with Crippen LogP contribution in [0.25, 0.3) is 0 Å². The molecule has 0 spiro atoms. The summed E-state index contributed by atoms with van der Waals surface area (Å²) in [6.45, 7) is 9.53. The number of ether oxygens (including phenoxy) is 1. The lowest BCUT2D eigenvalue weighted by Gasteiger charge is -2.15. The maximum absolute atomic E-state index is 10.0. The third kappa shape index (κ3) is 4.88. The van der Waals surface area contributed by atoms with Gasteiger partial charge in [-0.15, -0.1) is 0 Å². The predicted octanol–water partition coefficient (Wildman–Crippen LogP) is 3.40. The third-order valence-electron chi connectivity index (χ3n) is 2.90. The van der Waals surface area contributed by atoms with E-state index in [1.807, 2.05) is 19.1 Å². The van der Waals surface area contributed by atoms with Crippen LogP contribution in [0.2, 0.25) is 0 Å². The van der Waals surface area contributed by atoms with Crippen molar-refractivity contribution in [1.29, 1.82) is 0 Å². The zero-order chi connectivity index (χ0) is 12.8. The van der Waals surface area contributed by atoms with Gasteiger partial charge in [0.1, 0.15) is 6.10 Å². The fourth-order valence-electron chi connectivity index (χ4n) is 1.80. The molecule has 1 N–H and O–H groups in total. The summed E-state index contributed by atoms with van der Waals surface area (Å²) in [5, 5.41) is 10.0. The van der Waals surface area contributed by atoms with Crippen LogP contribution in [0.5, 0.6) is 0 Å². The van der Waals surface area contributed by atoms with Crippen LogP contribution in [-0.4, -0.2) is 18.3 Å². The van der Waals surface area contributed by atoms with Crippen molar-refractivity contribution in [2.45, 2.75) is 40.2 Å². The molecule has 17 heavy (non-hydrogen) atoms. The summed E-state index contributed by atoms with van der Waals surface area (Å²) in [5.41, 5.74) is 3.32. The molecule has 0 heterocycles. The van der Waals surface area contributed by atoms with Crippen molar-refractivity contribution in [3.8, 4) is 0 Å². The van der Waals surface area contributed by atoms with Gasteiger partial charge in [0.2, 0.25) is 0 Å². The molecule has 0 aliphatic rings. The summed E-state index contributed by atoms with van der Waals surface area (Å²) in [7, 11) is 0. The summed E-state index contributed by atoms with van der Waals surface area (Å²) in [5.74, 6) is 0.647. The highest BCUT2D eigenvalue weighted by atomic mass is 16.5. The van der Waals surface area contributed by atoms with Crippen molar-refractivity contribution in [2.75, 3.05) is 13.2 Å². The van der Waals surface area contributed by atoms with Crippen molar-refractivity contribution in [1.82, 2.24) is 0 Å². The van der Waals surface area contributed by atoms with Gasteiger partial charge in [-0.05, 0) is 37.3 Å². The first-order valence-corrected chi connectivity index (χ1v) is 6.33. The standard InChI is InChI=1S/C15H24O2/c1-11(2)7-8-17-10-15(16)14-6-5-12(3)9-13(14)4/h5-6,9,11,15-16H,7-8,10H2,1-4H3. The molecule has 0 fully saturated rings. The largest absolute Gasteiger partial charge is 0.386 e. The van der Waals surface area contributed by atoms with Gasteiger partial charge in [-0.2, -0.15) is 0 Å². The number of rotatable bonds is 6. The third-order valence-corrected chi connectivity index (χ3v) is 2.90. The molecule has 0 aliphatic carbocycles. The average molecular weight is 236 g/mol. The minimum Gasteiger partial charge on any atom is -0.386 e. The van der Waals surface area contributed by atoms with E-state index in [-0.39, 0.29) is 0 Å². The molecule has 2 heteroatoms. The molecule has 0 bridgehead atoms. The van der Waals surface area contributed by atoms with Crippen LogP contribution in [-0.2, 0) is 4.74 Å². The van der Waals surface area contributed by atoms with Crippen LogP contribution >= 0.6 is 0 Å². The lowest BCUT2D eigenvalue weighted by Crippen LogP contribution is -2.10. The second-order valence-electron chi connectivity index (χ2n) is 5.13. The van der Waals surface area contributed by atoms with Gasteiger partial charge >= 0.3 is 0 Å². The summed E-state index contributed by atoms with van der Waals surface area (Å²) < 4.78 is 5.50. The molecule has 2 nitrogen and oxygen atoms in total. The second-order valence-corrected chi connectivity index (χ2v) is 5.13. The van der Waals surface area contributed by atoms with Crippen LogP contribution in [0.1, 0.15) is 43.1 Å². The molecule has 1 aromatic carbocycles. The second kappa shape index (κ2) is 6.77. The number of aliphatic hydroxyl groups excluding tert-OH is 1. The molecule has 0 radical (unpaired) electrons. The highest BCUT2D eigenvalue weighted by molar-refractivity contribution is 5.31. The fraction of sp³-hybridized carbons (Fsp3) is 0.600. The Hall–Kier alpha value is -0.860. The smallest absolute Gasteiger partial charge is 0.103 e. The Kier molecular flexibility index (Phi) is 5.66. The van der Waals surface area contributed by atoms with Crippen LogP contribution in [0.4, 0.5) is 0 Å². The molecule has 96 valence electrons. The summed E-state index contributed by atoms with van der Waals surface area (Å²) in [6, 6.07) is 6.10. The van der Waals surface area contributed by atoms with Gasteiger partial charge in [0, 0.05) is 6.61 Å². The Morgan fingerprint density at radius 2 is 1.94 bits per heavy atom. The van der Waals surface area contributed by atoms with E-state index in [2.05, 4.69) is 26.8 Å². The molecular weight excluding hydrogens is 212 g/mol. The van der Waals surface area contributed by atoms with E-state index in [1.165, 1.54) is 5.56 Å². The monoisotopic (exact) mass is 236 g/mol. The van der Waals surface area contributed by atoms with Gasteiger partial charge in [0.15, 0.2) is 0 Å². The Morgan fingerprint density at radius 1 is 1.24 bits per heavy atom. The van der Waals surface area contributed by atoms with Gasteiger partial charge in [0.25, 0.3) is 0 Å². The topological polar surface area (TPSA) is 29.5 Å². The summed E-state index contributed by atoms with van der Waals surface area (Å²) in [4.78, 5) is 0. The molecule has 1 unspecified atom stereocenters. The zero-order valence-electron chi connectivity index (χ0n) is 11.4. The number of aryl methyl sites for hydroxylation is 2. The first kappa shape index (κ1) is 14.2. The number of hydrogen-bond acceptors (Lipinski definition) is 2. The first-order chi connectivity index (χ1) is 8.00. The van der Waals surface area contributed by atoms with E-state index in [0.717, 1.165) is 24.2 Å². The normalized spacial score (nSPS) is 13.1. The maximum atomic E-state index is 10.0. The Morgan fingerprint density at radius 3 is 2.53 bits per heavy atom. The van der Waals surface area contributed by atoms with Crippen molar-refractivity contribution in [2.24, 2.45) is 5.92 Å². The summed E-state index contributed by atoms with van der Waals surface area (Å²) >= 11 is 0. The zero-order valence-corrected chi connectivity index (χ0v) is 11.4. The Balaban J connectivity index is 2.44. The van der Waals surface area contributed by atoms with E-state index in [0.29, 0.717) is 12.5 Å². The fourth-order valence-corrected chi connectivity index (χ4v) is 1.80. The molecule has 1 atom stereocenters. The van der Waals surface area contributed by atoms with Crippen LogP contribution in [0, 0.1) is 19.8 Å². The van der Waals surface area contributed by atoms with Crippen molar-refractivity contribution < 1.29 is 9.84 Å². The van der Waals surface area contributed by atoms with Crippen molar-refractivity contribution in [3.05, 3.63) is 34.9 Å². The van der Waals surface area contributed by atoms with Gasteiger partial charge in [-0.1, -0.05) is 37.6 Å². The van der Waals surface area contributed by atoms with E-state index in [9.17, 15) is 5.11 Å². The van der Waals surface area contributed by atoms with E-state index in [4.69, 9.17) is 4.74 Å². The van der Waals surface area contributed by atoms with Crippen molar-refractivity contribution in [3.63, 3.8) is 0 Å². The van der Waals surface area contributed by atoms with Gasteiger partial charge in [-0.3, -0.25) is 0 Å². The highest BCUT2D eigenvalue weighted by Gasteiger charge is 2.10. The summed E-state index contributed by atoms with van der Waals surface area (Å²) in [6.07, 6.45) is 0.530. The minimum absolute atomic E-state index is 0.386. The molecular formula is C15H24O2. The molecule has 0 saturated heterocycles. The SMILES string of the molecule is Cc1ccc(C(O)COCCC(C)C)c(C)c1. The number of hydrogen-bond donors (Lipinski definition) is 1. The van der Waals surface area contributed by atoms with Crippen LogP contribution in [0.3, 0.4) is 0 Å². The van der Waals surface area contributed by atoms with Gasteiger partial charge in [0.05, 0.1) is 6.61 Å². The van der Waals surface area contributed by atoms with E-state index < -0.39 is 6.10 Å². The Bertz CT molecular complexity index is 345. The molecule has 1 rings (SSSR count). The number of aliphatic hydroxyl groups is 1. The van der Waals surface area contributed by atoms with Crippen molar-refractivity contribution >= 4 is 0 Å².